The number of methoxy groups -OCH3 is 1. The van der Waals surface area contributed by atoms with Gasteiger partial charge in [-0.05, 0) is 27.7 Å². The van der Waals surface area contributed by atoms with Crippen LogP contribution in [0.15, 0.2) is 0 Å². The number of rotatable bonds is 5. The Kier molecular flexibility index (Phi) is 6.42. The van der Waals surface area contributed by atoms with Gasteiger partial charge in [0.05, 0.1) is 12.7 Å². The predicted molar refractivity (Wildman–Crippen MR) is 90.6 cm³/mol. The zero-order valence-electron chi connectivity index (χ0n) is 15.4. The summed E-state index contributed by atoms with van der Waals surface area (Å²) < 4.78 is 11.2. The van der Waals surface area contributed by atoms with Gasteiger partial charge in [0, 0.05) is 59.0 Å². The Hall–Kier alpha value is -0.690. The molecule has 0 radical (unpaired) electrons. The number of amides is 1. The summed E-state index contributed by atoms with van der Waals surface area (Å²) in [5, 5.41) is 0. The molecule has 1 amide bonds. The average molecular weight is 327 g/mol. The fraction of sp³-hybridized carbons (Fsp3) is 0.941. The molecule has 2 fully saturated rings. The smallest absolute Gasteiger partial charge is 0.254 e. The van der Waals surface area contributed by atoms with E-state index in [4.69, 9.17) is 9.47 Å². The average Bonchev–Trinajstić information content (AvgIpc) is 2.55. The summed E-state index contributed by atoms with van der Waals surface area (Å²) in [5.41, 5.74) is -0.730. The molecule has 134 valence electrons. The second-order valence-electron chi connectivity index (χ2n) is 7.39. The number of nitrogens with zero attached hydrogens (tertiary/aromatic N) is 3. The molecule has 2 aliphatic heterocycles. The molecule has 0 aromatic heterocycles. The Bertz CT molecular complexity index is 393. The standard InChI is InChI=1S/C17H33N3O3/c1-14(2)20-10-11-23-15(13-20)12-18-6-8-19(9-7-18)16(21)17(3,4)22-5/h14-15H,6-13H2,1-5H3/t15-/m1/s1. The lowest BCUT2D eigenvalue weighted by molar-refractivity contribution is -0.153. The van der Waals surface area contributed by atoms with E-state index in [0.717, 1.165) is 52.4 Å². The number of morpholine rings is 1. The van der Waals surface area contributed by atoms with Gasteiger partial charge in [-0.1, -0.05) is 0 Å². The van der Waals surface area contributed by atoms with Gasteiger partial charge in [-0.2, -0.15) is 0 Å². The summed E-state index contributed by atoms with van der Waals surface area (Å²) in [4.78, 5) is 19.2. The predicted octanol–water partition coefficient (Wildman–Crippen LogP) is 0.665. The Morgan fingerprint density at radius 2 is 1.87 bits per heavy atom. The zero-order valence-corrected chi connectivity index (χ0v) is 15.4. The Morgan fingerprint density at radius 1 is 1.22 bits per heavy atom. The van der Waals surface area contributed by atoms with Gasteiger partial charge in [0.1, 0.15) is 5.60 Å². The molecule has 2 rings (SSSR count). The second kappa shape index (κ2) is 7.92. The number of hydrogen-bond acceptors (Lipinski definition) is 5. The summed E-state index contributed by atoms with van der Waals surface area (Å²) in [5.74, 6) is 0.0829. The van der Waals surface area contributed by atoms with Crippen LogP contribution >= 0.6 is 0 Å². The van der Waals surface area contributed by atoms with E-state index in [2.05, 4.69) is 23.6 Å². The molecular weight excluding hydrogens is 294 g/mol. The van der Waals surface area contributed by atoms with Crippen molar-refractivity contribution >= 4 is 5.91 Å². The molecule has 0 saturated carbocycles. The van der Waals surface area contributed by atoms with Gasteiger partial charge < -0.3 is 14.4 Å². The van der Waals surface area contributed by atoms with Gasteiger partial charge in [-0.15, -0.1) is 0 Å². The normalized spacial score (nSPS) is 25.1. The van der Waals surface area contributed by atoms with E-state index in [9.17, 15) is 4.79 Å². The van der Waals surface area contributed by atoms with Crippen LogP contribution in [0, 0.1) is 0 Å². The van der Waals surface area contributed by atoms with Crippen molar-refractivity contribution < 1.29 is 14.3 Å². The van der Waals surface area contributed by atoms with Gasteiger partial charge in [-0.25, -0.2) is 0 Å². The molecular formula is C17H33N3O3. The van der Waals surface area contributed by atoms with Crippen molar-refractivity contribution in [2.45, 2.75) is 45.4 Å². The van der Waals surface area contributed by atoms with Crippen LogP contribution < -0.4 is 0 Å². The Labute approximate surface area is 140 Å². The van der Waals surface area contributed by atoms with Crippen molar-refractivity contribution in [2.24, 2.45) is 0 Å². The van der Waals surface area contributed by atoms with Crippen LogP contribution in [-0.2, 0) is 14.3 Å². The van der Waals surface area contributed by atoms with Gasteiger partial charge in [0.25, 0.3) is 5.91 Å². The maximum atomic E-state index is 12.4. The summed E-state index contributed by atoms with van der Waals surface area (Å²) in [6.07, 6.45) is 0.281. The highest BCUT2D eigenvalue weighted by Gasteiger charge is 2.34. The van der Waals surface area contributed by atoms with Crippen LogP contribution in [0.2, 0.25) is 0 Å². The molecule has 1 atom stereocenters. The van der Waals surface area contributed by atoms with Gasteiger partial charge in [-0.3, -0.25) is 14.6 Å². The molecule has 2 saturated heterocycles. The third kappa shape index (κ3) is 4.89. The summed E-state index contributed by atoms with van der Waals surface area (Å²) in [7, 11) is 1.59. The number of carbonyl (C=O) groups is 1. The number of carbonyl (C=O) groups excluding carboxylic acids is 1. The summed E-state index contributed by atoms with van der Waals surface area (Å²) in [6.45, 7) is 15.3. The Balaban J connectivity index is 1.78. The van der Waals surface area contributed by atoms with E-state index in [1.165, 1.54) is 0 Å². The molecule has 0 aromatic carbocycles. The SMILES string of the molecule is COC(C)(C)C(=O)N1CCN(C[C@@H]2CN(C(C)C)CCO2)CC1. The first-order chi connectivity index (χ1) is 10.8. The quantitative estimate of drug-likeness (QED) is 0.742. The maximum Gasteiger partial charge on any atom is 0.254 e. The number of hydrogen-bond donors (Lipinski definition) is 0. The van der Waals surface area contributed by atoms with Crippen LogP contribution in [0.4, 0.5) is 0 Å². The van der Waals surface area contributed by atoms with Crippen LogP contribution in [0.1, 0.15) is 27.7 Å². The molecule has 2 heterocycles. The lowest BCUT2D eigenvalue weighted by Gasteiger charge is -2.41. The van der Waals surface area contributed by atoms with Gasteiger partial charge in [0.15, 0.2) is 0 Å². The first-order valence-electron chi connectivity index (χ1n) is 8.76. The number of piperazine rings is 1. The highest BCUT2D eigenvalue weighted by atomic mass is 16.5. The first kappa shape index (κ1) is 18.6. The largest absolute Gasteiger partial charge is 0.374 e. The van der Waals surface area contributed by atoms with Crippen molar-refractivity contribution in [1.29, 1.82) is 0 Å². The molecule has 0 unspecified atom stereocenters. The molecule has 0 aromatic rings. The van der Waals surface area contributed by atoms with Crippen LogP contribution in [0.25, 0.3) is 0 Å². The Morgan fingerprint density at radius 3 is 2.43 bits per heavy atom. The highest BCUT2D eigenvalue weighted by Crippen LogP contribution is 2.16. The zero-order chi connectivity index (χ0) is 17.0. The third-order valence-corrected chi connectivity index (χ3v) is 5.05. The van der Waals surface area contributed by atoms with Crippen molar-refractivity contribution in [1.82, 2.24) is 14.7 Å². The van der Waals surface area contributed by atoms with Crippen LogP contribution in [0.5, 0.6) is 0 Å². The third-order valence-electron chi connectivity index (χ3n) is 5.05. The first-order valence-corrected chi connectivity index (χ1v) is 8.76. The summed E-state index contributed by atoms with van der Waals surface area (Å²) >= 11 is 0. The minimum atomic E-state index is -0.730. The van der Waals surface area contributed by atoms with E-state index in [-0.39, 0.29) is 12.0 Å². The minimum Gasteiger partial charge on any atom is -0.374 e. The van der Waals surface area contributed by atoms with E-state index in [0.29, 0.717) is 6.04 Å². The molecule has 23 heavy (non-hydrogen) atoms. The molecule has 6 heteroatoms. The minimum absolute atomic E-state index is 0.0829. The van der Waals surface area contributed by atoms with Crippen molar-refractivity contribution in [3.8, 4) is 0 Å². The fourth-order valence-electron chi connectivity index (χ4n) is 3.21. The highest BCUT2D eigenvalue weighted by molar-refractivity contribution is 5.84. The van der Waals surface area contributed by atoms with Gasteiger partial charge >= 0.3 is 0 Å². The molecule has 6 nitrogen and oxygen atoms in total. The molecule has 0 N–H and O–H groups in total. The van der Waals surface area contributed by atoms with Crippen LogP contribution in [0.3, 0.4) is 0 Å². The molecule has 2 aliphatic rings. The molecule has 0 bridgehead atoms. The monoisotopic (exact) mass is 327 g/mol. The lowest BCUT2D eigenvalue weighted by atomic mass is 10.1. The number of ether oxygens (including phenoxy) is 2. The van der Waals surface area contributed by atoms with Crippen molar-refractivity contribution in [3.63, 3.8) is 0 Å². The molecule has 0 aliphatic carbocycles. The van der Waals surface area contributed by atoms with Gasteiger partial charge in [0.2, 0.25) is 0 Å². The van der Waals surface area contributed by atoms with E-state index in [1.54, 1.807) is 7.11 Å². The van der Waals surface area contributed by atoms with Crippen LogP contribution in [-0.4, -0.2) is 97.9 Å². The van der Waals surface area contributed by atoms with Crippen molar-refractivity contribution in [2.75, 3.05) is 59.5 Å². The maximum absolute atomic E-state index is 12.4. The second-order valence-corrected chi connectivity index (χ2v) is 7.39. The lowest BCUT2D eigenvalue weighted by Crippen LogP contribution is -2.57. The topological polar surface area (TPSA) is 45.2 Å². The van der Waals surface area contributed by atoms with E-state index < -0.39 is 5.60 Å². The fourth-order valence-corrected chi connectivity index (χ4v) is 3.21. The van der Waals surface area contributed by atoms with Crippen molar-refractivity contribution in [3.05, 3.63) is 0 Å². The summed E-state index contributed by atoms with van der Waals surface area (Å²) in [6, 6.07) is 0.576. The molecule has 0 spiro atoms. The van der Waals surface area contributed by atoms with E-state index in [1.807, 2.05) is 18.7 Å². The van der Waals surface area contributed by atoms with E-state index >= 15 is 0 Å².